The molecule has 1 heterocycles. The van der Waals surface area contributed by atoms with E-state index in [2.05, 4.69) is 4.98 Å². The van der Waals surface area contributed by atoms with E-state index in [-0.39, 0.29) is 18.0 Å². The molecule has 7 heteroatoms. The number of nitro groups is 1. The summed E-state index contributed by atoms with van der Waals surface area (Å²) >= 11 is 1.56. The first-order valence-electron chi connectivity index (χ1n) is 6.17. The molecule has 0 fully saturated rings. The molecule has 0 spiro atoms. The first-order valence-corrected chi connectivity index (χ1v) is 7.05. The van der Waals surface area contributed by atoms with Gasteiger partial charge in [-0.25, -0.2) is 4.98 Å². The summed E-state index contributed by atoms with van der Waals surface area (Å²) in [4.78, 5) is 14.9. The SMILES string of the molecule is CCc1nc(COc2cc(CN)ccc2[N+](=O)[O-])cs1. The Morgan fingerprint density at radius 1 is 1.50 bits per heavy atom. The summed E-state index contributed by atoms with van der Waals surface area (Å²) in [6.45, 7) is 2.55. The highest BCUT2D eigenvalue weighted by Crippen LogP contribution is 2.28. The number of rotatable bonds is 6. The summed E-state index contributed by atoms with van der Waals surface area (Å²) < 4.78 is 5.53. The predicted molar refractivity (Wildman–Crippen MR) is 76.8 cm³/mol. The number of nitrogens with two attached hydrogens (primary N) is 1. The van der Waals surface area contributed by atoms with Crippen LogP contribution >= 0.6 is 11.3 Å². The normalized spacial score (nSPS) is 10.5. The third kappa shape index (κ3) is 3.31. The average molecular weight is 293 g/mol. The van der Waals surface area contributed by atoms with E-state index in [0.717, 1.165) is 22.7 Å². The van der Waals surface area contributed by atoms with Crippen molar-refractivity contribution in [1.29, 1.82) is 0 Å². The molecular weight excluding hydrogens is 278 g/mol. The maximum Gasteiger partial charge on any atom is 0.310 e. The molecule has 2 rings (SSSR count). The lowest BCUT2D eigenvalue weighted by molar-refractivity contribution is -0.386. The van der Waals surface area contributed by atoms with E-state index < -0.39 is 4.92 Å². The van der Waals surface area contributed by atoms with E-state index in [0.29, 0.717) is 6.54 Å². The third-order valence-corrected chi connectivity index (χ3v) is 3.78. The van der Waals surface area contributed by atoms with Crippen LogP contribution < -0.4 is 10.5 Å². The minimum Gasteiger partial charge on any atom is -0.480 e. The minimum atomic E-state index is -0.464. The van der Waals surface area contributed by atoms with Gasteiger partial charge in [0.1, 0.15) is 6.61 Å². The van der Waals surface area contributed by atoms with Crippen molar-refractivity contribution in [2.45, 2.75) is 26.5 Å². The topological polar surface area (TPSA) is 91.3 Å². The Morgan fingerprint density at radius 2 is 2.30 bits per heavy atom. The van der Waals surface area contributed by atoms with Crippen molar-refractivity contribution in [3.63, 3.8) is 0 Å². The van der Waals surface area contributed by atoms with E-state index in [1.165, 1.54) is 6.07 Å². The fraction of sp³-hybridized carbons (Fsp3) is 0.308. The molecule has 6 nitrogen and oxygen atoms in total. The van der Waals surface area contributed by atoms with Crippen LogP contribution in [0, 0.1) is 10.1 Å². The maximum atomic E-state index is 11.0. The summed E-state index contributed by atoms with van der Waals surface area (Å²) in [6, 6.07) is 4.64. The van der Waals surface area contributed by atoms with Gasteiger partial charge in [-0.2, -0.15) is 0 Å². The maximum absolute atomic E-state index is 11.0. The van der Waals surface area contributed by atoms with Crippen molar-refractivity contribution >= 4 is 17.0 Å². The highest BCUT2D eigenvalue weighted by molar-refractivity contribution is 7.09. The van der Waals surface area contributed by atoms with Gasteiger partial charge in [0.05, 0.1) is 15.6 Å². The van der Waals surface area contributed by atoms with Gasteiger partial charge in [0.25, 0.3) is 0 Å². The Kier molecular flexibility index (Phi) is 4.65. The molecule has 0 aliphatic carbocycles. The average Bonchev–Trinajstić information content (AvgIpc) is 2.92. The van der Waals surface area contributed by atoms with Gasteiger partial charge in [-0.05, 0) is 18.1 Å². The van der Waals surface area contributed by atoms with E-state index in [1.807, 2.05) is 12.3 Å². The van der Waals surface area contributed by atoms with Crippen LogP contribution in [-0.4, -0.2) is 9.91 Å². The van der Waals surface area contributed by atoms with E-state index >= 15 is 0 Å². The van der Waals surface area contributed by atoms with E-state index in [1.54, 1.807) is 23.5 Å². The van der Waals surface area contributed by atoms with Gasteiger partial charge in [0.2, 0.25) is 0 Å². The monoisotopic (exact) mass is 293 g/mol. The summed E-state index contributed by atoms with van der Waals surface area (Å²) in [5.41, 5.74) is 7.04. The van der Waals surface area contributed by atoms with E-state index in [9.17, 15) is 10.1 Å². The van der Waals surface area contributed by atoms with Crippen LogP contribution in [-0.2, 0) is 19.6 Å². The Balaban J connectivity index is 2.16. The number of aromatic nitrogens is 1. The molecule has 1 aromatic carbocycles. The van der Waals surface area contributed by atoms with Crippen LogP contribution in [0.3, 0.4) is 0 Å². The molecule has 20 heavy (non-hydrogen) atoms. The van der Waals surface area contributed by atoms with Gasteiger partial charge in [0, 0.05) is 18.0 Å². The number of nitrogens with zero attached hydrogens (tertiary/aromatic N) is 2. The number of ether oxygens (including phenoxy) is 1. The highest BCUT2D eigenvalue weighted by Gasteiger charge is 2.16. The number of nitro benzene ring substituents is 1. The number of aryl methyl sites for hydroxylation is 1. The number of benzene rings is 1. The molecule has 0 bridgehead atoms. The molecular formula is C13H15N3O3S. The lowest BCUT2D eigenvalue weighted by Gasteiger charge is -2.06. The molecule has 0 atom stereocenters. The first-order chi connectivity index (χ1) is 9.63. The van der Waals surface area contributed by atoms with Gasteiger partial charge >= 0.3 is 5.69 Å². The summed E-state index contributed by atoms with van der Waals surface area (Å²) in [6.07, 6.45) is 0.869. The zero-order valence-electron chi connectivity index (χ0n) is 11.0. The van der Waals surface area contributed by atoms with Crippen molar-refractivity contribution in [3.8, 4) is 5.75 Å². The fourth-order valence-corrected chi connectivity index (χ4v) is 2.41. The lowest BCUT2D eigenvalue weighted by Crippen LogP contribution is -2.02. The Labute approximate surface area is 120 Å². The van der Waals surface area contributed by atoms with Crippen LogP contribution in [0.15, 0.2) is 23.6 Å². The second-order valence-corrected chi connectivity index (χ2v) is 5.08. The largest absolute Gasteiger partial charge is 0.480 e. The Bertz CT molecular complexity index is 613. The third-order valence-electron chi connectivity index (χ3n) is 2.73. The zero-order chi connectivity index (χ0) is 14.5. The molecule has 1 aromatic heterocycles. The Morgan fingerprint density at radius 3 is 2.90 bits per heavy atom. The smallest absolute Gasteiger partial charge is 0.310 e. The Hall–Kier alpha value is -1.99. The van der Waals surface area contributed by atoms with Gasteiger partial charge < -0.3 is 10.5 Å². The number of thiazole rings is 1. The number of hydrogen-bond donors (Lipinski definition) is 1. The molecule has 0 aliphatic rings. The van der Waals surface area contributed by atoms with Crippen molar-refractivity contribution < 1.29 is 9.66 Å². The molecule has 0 unspecified atom stereocenters. The van der Waals surface area contributed by atoms with Crippen molar-refractivity contribution in [3.05, 3.63) is 50.0 Å². The molecule has 0 radical (unpaired) electrons. The van der Waals surface area contributed by atoms with Crippen molar-refractivity contribution in [2.75, 3.05) is 0 Å². The van der Waals surface area contributed by atoms with Gasteiger partial charge in [-0.1, -0.05) is 13.0 Å². The van der Waals surface area contributed by atoms with Crippen molar-refractivity contribution in [1.82, 2.24) is 4.98 Å². The van der Waals surface area contributed by atoms with Crippen LogP contribution in [0.4, 0.5) is 5.69 Å². The van der Waals surface area contributed by atoms with Crippen LogP contribution in [0.25, 0.3) is 0 Å². The quantitative estimate of drug-likeness (QED) is 0.653. The standard InChI is InChI=1S/C13H15N3O3S/c1-2-13-15-10(8-20-13)7-19-12-5-9(6-14)3-4-11(12)16(17)18/h3-5,8H,2,6-7,14H2,1H3. The van der Waals surface area contributed by atoms with Crippen LogP contribution in [0.2, 0.25) is 0 Å². The summed E-state index contributed by atoms with van der Waals surface area (Å²) in [7, 11) is 0. The molecule has 0 saturated carbocycles. The highest BCUT2D eigenvalue weighted by atomic mass is 32.1. The molecule has 0 amide bonds. The van der Waals surface area contributed by atoms with E-state index in [4.69, 9.17) is 10.5 Å². The molecule has 106 valence electrons. The molecule has 0 aliphatic heterocycles. The molecule has 2 aromatic rings. The second-order valence-electron chi connectivity index (χ2n) is 4.14. The predicted octanol–water partition coefficient (Wildman–Crippen LogP) is 2.65. The summed E-state index contributed by atoms with van der Waals surface area (Å²) in [5, 5.41) is 13.9. The van der Waals surface area contributed by atoms with Crippen LogP contribution in [0.5, 0.6) is 5.75 Å². The van der Waals surface area contributed by atoms with Crippen molar-refractivity contribution in [2.24, 2.45) is 5.73 Å². The van der Waals surface area contributed by atoms with Crippen LogP contribution in [0.1, 0.15) is 23.2 Å². The summed E-state index contributed by atoms with van der Waals surface area (Å²) in [5.74, 6) is 0.226. The first kappa shape index (κ1) is 14.4. The molecule has 0 saturated heterocycles. The van der Waals surface area contributed by atoms with Gasteiger partial charge in [-0.15, -0.1) is 11.3 Å². The molecule has 2 N–H and O–H groups in total. The zero-order valence-corrected chi connectivity index (χ0v) is 11.9. The van der Waals surface area contributed by atoms with Gasteiger partial charge in [-0.3, -0.25) is 10.1 Å². The number of hydrogen-bond acceptors (Lipinski definition) is 6. The van der Waals surface area contributed by atoms with Gasteiger partial charge in [0.15, 0.2) is 5.75 Å². The second kappa shape index (κ2) is 6.44. The minimum absolute atomic E-state index is 0.0619. The fourth-order valence-electron chi connectivity index (χ4n) is 1.68. The lowest BCUT2D eigenvalue weighted by atomic mass is 10.2.